The van der Waals surface area contributed by atoms with Crippen LogP contribution in [0.15, 0.2) is 29.2 Å². The Morgan fingerprint density at radius 1 is 1.32 bits per heavy atom. The fraction of sp³-hybridized carbons (Fsp3) is 0.417. The lowest BCUT2D eigenvalue weighted by Crippen LogP contribution is -2.31. The Balaban J connectivity index is 2.12. The summed E-state index contributed by atoms with van der Waals surface area (Å²) in [6, 6.07) is 5.43. The van der Waals surface area contributed by atoms with Gasteiger partial charge in [0.15, 0.2) is 0 Å². The molecule has 1 aliphatic carbocycles. The maximum Gasteiger partial charge on any atom is 0.326 e. The molecule has 2 rings (SSSR count). The highest BCUT2D eigenvalue weighted by atomic mass is 32.2. The van der Waals surface area contributed by atoms with Crippen LogP contribution >= 0.6 is 0 Å². The molecule has 0 saturated heterocycles. The summed E-state index contributed by atoms with van der Waals surface area (Å²) in [7, 11) is -2.12. The number of hydrogen-bond donors (Lipinski definition) is 3. The monoisotopic (exact) mass is 284 g/mol. The molecule has 0 radical (unpaired) electrons. The van der Waals surface area contributed by atoms with Crippen LogP contribution in [0.5, 0.6) is 0 Å². The van der Waals surface area contributed by atoms with Gasteiger partial charge in [-0.1, -0.05) is 0 Å². The quantitative estimate of drug-likeness (QED) is 0.720. The number of nitrogens with one attached hydrogen (secondary N) is 2. The first-order valence-electron chi connectivity index (χ1n) is 5.97. The molecule has 3 N–H and O–H groups in total. The van der Waals surface area contributed by atoms with Crippen LogP contribution in [0.3, 0.4) is 0 Å². The summed E-state index contributed by atoms with van der Waals surface area (Å²) < 4.78 is 25.3. The summed E-state index contributed by atoms with van der Waals surface area (Å²) in [5.41, 5.74) is 0.606. The summed E-state index contributed by atoms with van der Waals surface area (Å²) >= 11 is 0. The number of sulfonamides is 1. The SMILES string of the molecule is CNS(=O)(=O)c1ccc(NC(C(=O)O)C2CC2)cc1. The lowest BCUT2D eigenvalue weighted by molar-refractivity contribution is -0.138. The summed E-state index contributed by atoms with van der Waals surface area (Å²) in [4.78, 5) is 11.2. The van der Waals surface area contributed by atoms with Gasteiger partial charge in [-0.15, -0.1) is 0 Å². The predicted octanol–water partition coefficient (Wildman–Crippen LogP) is 0.870. The topological polar surface area (TPSA) is 95.5 Å². The van der Waals surface area contributed by atoms with Crippen LogP contribution in [-0.2, 0) is 14.8 Å². The van der Waals surface area contributed by atoms with Crippen molar-refractivity contribution in [2.24, 2.45) is 5.92 Å². The van der Waals surface area contributed by atoms with E-state index in [0.717, 1.165) is 12.8 Å². The van der Waals surface area contributed by atoms with Crippen LogP contribution in [-0.4, -0.2) is 32.6 Å². The molecule has 0 aliphatic heterocycles. The highest BCUT2D eigenvalue weighted by Gasteiger charge is 2.36. The molecule has 0 heterocycles. The van der Waals surface area contributed by atoms with Crippen molar-refractivity contribution in [1.82, 2.24) is 4.72 Å². The Morgan fingerprint density at radius 3 is 2.32 bits per heavy atom. The van der Waals surface area contributed by atoms with Crippen molar-refractivity contribution in [3.8, 4) is 0 Å². The minimum absolute atomic E-state index is 0.152. The molecule has 6 nitrogen and oxygen atoms in total. The van der Waals surface area contributed by atoms with Crippen molar-refractivity contribution in [2.45, 2.75) is 23.8 Å². The number of anilines is 1. The standard InChI is InChI=1S/C12H16N2O4S/c1-13-19(17,18)10-6-4-9(5-7-10)14-11(12(15)16)8-2-3-8/h4-8,11,13-14H,2-3H2,1H3,(H,15,16). The smallest absolute Gasteiger partial charge is 0.326 e. The van der Waals surface area contributed by atoms with E-state index < -0.39 is 22.0 Å². The van der Waals surface area contributed by atoms with Gasteiger partial charge in [0.25, 0.3) is 0 Å². The average molecular weight is 284 g/mol. The van der Waals surface area contributed by atoms with E-state index in [1.165, 1.54) is 19.2 Å². The highest BCUT2D eigenvalue weighted by molar-refractivity contribution is 7.89. The van der Waals surface area contributed by atoms with Crippen LogP contribution < -0.4 is 10.0 Å². The van der Waals surface area contributed by atoms with E-state index in [1.807, 2.05) is 0 Å². The zero-order valence-corrected chi connectivity index (χ0v) is 11.3. The lowest BCUT2D eigenvalue weighted by Gasteiger charge is -2.15. The van der Waals surface area contributed by atoms with Gasteiger partial charge in [0, 0.05) is 5.69 Å². The van der Waals surface area contributed by atoms with E-state index in [9.17, 15) is 13.2 Å². The molecule has 1 unspecified atom stereocenters. The van der Waals surface area contributed by atoms with Crippen molar-refractivity contribution in [2.75, 3.05) is 12.4 Å². The molecule has 1 aromatic rings. The van der Waals surface area contributed by atoms with E-state index in [4.69, 9.17) is 5.11 Å². The lowest BCUT2D eigenvalue weighted by atomic mass is 10.1. The number of hydrogen-bond acceptors (Lipinski definition) is 4. The second kappa shape index (κ2) is 5.18. The van der Waals surface area contributed by atoms with Crippen LogP contribution in [0.25, 0.3) is 0 Å². The zero-order chi connectivity index (χ0) is 14.0. The Kier molecular flexibility index (Phi) is 3.77. The first kappa shape index (κ1) is 13.8. The molecular weight excluding hydrogens is 268 g/mol. The van der Waals surface area contributed by atoms with Crippen molar-refractivity contribution < 1.29 is 18.3 Å². The van der Waals surface area contributed by atoms with Crippen molar-refractivity contribution in [3.05, 3.63) is 24.3 Å². The fourth-order valence-electron chi connectivity index (χ4n) is 1.84. The number of benzene rings is 1. The third-order valence-electron chi connectivity index (χ3n) is 3.11. The Bertz CT molecular complexity index is 564. The Morgan fingerprint density at radius 2 is 1.89 bits per heavy atom. The third-order valence-corrected chi connectivity index (χ3v) is 4.55. The number of carboxylic acids is 1. The highest BCUT2D eigenvalue weighted by Crippen LogP contribution is 2.34. The van der Waals surface area contributed by atoms with Gasteiger partial charge in [-0.25, -0.2) is 17.9 Å². The zero-order valence-electron chi connectivity index (χ0n) is 10.5. The van der Waals surface area contributed by atoms with Crippen LogP contribution in [0.2, 0.25) is 0 Å². The molecule has 1 atom stereocenters. The first-order valence-corrected chi connectivity index (χ1v) is 7.45. The van der Waals surface area contributed by atoms with Gasteiger partial charge in [0.1, 0.15) is 6.04 Å². The Hall–Kier alpha value is -1.60. The van der Waals surface area contributed by atoms with E-state index in [2.05, 4.69) is 10.0 Å². The molecule has 1 saturated carbocycles. The molecule has 0 aromatic heterocycles. The second-order valence-corrected chi connectivity index (χ2v) is 6.42. The third kappa shape index (κ3) is 3.24. The van der Waals surface area contributed by atoms with Crippen LogP contribution in [0.1, 0.15) is 12.8 Å². The molecule has 104 valence electrons. The van der Waals surface area contributed by atoms with Gasteiger partial charge in [0.2, 0.25) is 10.0 Å². The summed E-state index contributed by atoms with van der Waals surface area (Å²) in [6.07, 6.45) is 1.83. The molecule has 0 amide bonds. The van der Waals surface area contributed by atoms with Gasteiger partial charge in [-0.2, -0.15) is 0 Å². The maximum atomic E-state index is 11.5. The minimum Gasteiger partial charge on any atom is -0.480 e. The maximum absolute atomic E-state index is 11.5. The molecule has 19 heavy (non-hydrogen) atoms. The number of aliphatic carboxylic acids is 1. The molecule has 1 aromatic carbocycles. The number of rotatable bonds is 6. The molecule has 7 heteroatoms. The molecule has 0 spiro atoms. The van der Waals surface area contributed by atoms with Gasteiger partial charge >= 0.3 is 5.97 Å². The van der Waals surface area contributed by atoms with E-state index in [1.54, 1.807) is 12.1 Å². The van der Waals surface area contributed by atoms with Gasteiger partial charge in [-0.3, -0.25) is 0 Å². The summed E-state index contributed by atoms with van der Waals surface area (Å²) in [5.74, 6) is -0.715. The fourth-order valence-corrected chi connectivity index (χ4v) is 2.57. The summed E-state index contributed by atoms with van der Waals surface area (Å²) in [6.45, 7) is 0. The van der Waals surface area contributed by atoms with E-state index in [0.29, 0.717) is 5.69 Å². The number of carbonyl (C=O) groups is 1. The Labute approximate surface area is 111 Å². The normalized spacial score (nSPS) is 16.9. The van der Waals surface area contributed by atoms with E-state index in [-0.39, 0.29) is 10.8 Å². The second-order valence-electron chi connectivity index (χ2n) is 4.53. The van der Waals surface area contributed by atoms with Crippen LogP contribution in [0, 0.1) is 5.92 Å². The van der Waals surface area contributed by atoms with Gasteiger partial charge < -0.3 is 10.4 Å². The van der Waals surface area contributed by atoms with Gasteiger partial charge in [-0.05, 0) is 50.1 Å². The van der Waals surface area contributed by atoms with Crippen molar-refractivity contribution in [3.63, 3.8) is 0 Å². The van der Waals surface area contributed by atoms with Crippen molar-refractivity contribution in [1.29, 1.82) is 0 Å². The van der Waals surface area contributed by atoms with Gasteiger partial charge in [0.05, 0.1) is 4.90 Å². The number of carboxylic acid groups (broad SMARTS) is 1. The minimum atomic E-state index is -3.46. The average Bonchev–Trinajstić information content (AvgIpc) is 3.20. The van der Waals surface area contributed by atoms with E-state index >= 15 is 0 Å². The molecular formula is C12H16N2O4S. The molecule has 1 aliphatic rings. The van der Waals surface area contributed by atoms with Crippen LogP contribution in [0.4, 0.5) is 5.69 Å². The summed E-state index contributed by atoms with van der Waals surface area (Å²) in [5, 5.41) is 12.0. The van der Waals surface area contributed by atoms with Crippen molar-refractivity contribution >= 4 is 21.7 Å². The molecule has 1 fully saturated rings. The largest absolute Gasteiger partial charge is 0.480 e. The first-order chi connectivity index (χ1) is 8.94. The molecule has 0 bridgehead atoms. The predicted molar refractivity (Wildman–Crippen MR) is 70.5 cm³/mol.